The highest BCUT2D eigenvalue weighted by Crippen LogP contribution is 2.17. The molecule has 21 heavy (non-hydrogen) atoms. The number of rotatable bonds is 4. The largest absolute Gasteiger partial charge is 0.282 e. The molecular weight excluding hydrogens is 282 g/mol. The second-order valence-corrected chi connectivity index (χ2v) is 5.27. The van der Waals surface area contributed by atoms with Gasteiger partial charge in [-0.25, -0.2) is 0 Å². The summed E-state index contributed by atoms with van der Waals surface area (Å²) in [6.45, 7) is 2.09. The maximum absolute atomic E-state index is 6.00. The summed E-state index contributed by atoms with van der Waals surface area (Å²) in [6.07, 6.45) is 0.737. The van der Waals surface area contributed by atoms with E-state index in [0.717, 1.165) is 23.8 Å². The number of nitrogens with zero attached hydrogens (tertiary/aromatic N) is 3. The van der Waals surface area contributed by atoms with Crippen LogP contribution in [0.3, 0.4) is 0 Å². The number of benzene rings is 2. The minimum absolute atomic E-state index is 0.343. The first-order chi connectivity index (χ1) is 10.3. The van der Waals surface area contributed by atoms with Crippen LogP contribution in [0.5, 0.6) is 0 Å². The molecule has 1 heterocycles. The van der Waals surface area contributed by atoms with Gasteiger partial charge in [-0.1, -0.05) is 48.0 Å². The Morgan fingerprint density at radius 3 is 2.43 bits per heavy atom. The van der Waals surface area contributed by atoms with Gasteiger partial charge in [-0.3, -0.25) is 4.57 Å². The van der Waals surface area contributed by atoms with Crippen molar-refractivity contribution in [2.24, 2.45) is 0 Å². The van der Waals surface area contributed by atoms with Crippen molar-refractivity contribution in [2.75, 3.05) is 0 Å². The van der Waals surface area contributed by atoms with E-state index in [1.54, 1.807) is 0 Å². The predicted octanol–water partition coefficient (Wildman–Crippen LogP) is 3.91. The highest BCUT2D eigenvalue weighted by atomic mass is 35.5. The molecule has 0 aliphatic rings. The van der Waals surface area contributed by atoms with Crippen molar-refractivity contribution in [3.63, 3.8) is 0 Å². The summed E-state index contributed by atoms with van der Waals surface area (Å²) in [6, 6.07) is 18.5. The maximum atomic E-state index is 6.00. The number of aryl methyl sites for hydroxylation is 1. The first-order valence-corrected chi connectivity index (χ1v) is 7.41. The summed E-state index contributed by atoms with van der Waals surface area (Å²) in [7, 11) is 0. The smallest absolute Gasteiger partial charge is 0.152 e. The lowest BCUT2D eigenvalue weighted by Gasteiger charge is -2.09. The Balaban J connectivity index is 2.02. The molecule has 0 aliphatic carbocycles. The Bertz CT molecular complexity index is 735. The Hall–Kier alpha value is -2.13. The van der Waals surface area contributed by atoms with Gasteiger partial charge < -0.3 is 0 Å². The molecule has 2 aromatic carbocycles. The number of halogens is 1. The van der Waals surface area contributed by atoms with Crippen LogP contribution in [-0.4, -0.2) is 14.8 Å². The van der Waals surface area contributed by atoms with Gasteiger partial charge >= 0.3 is 0 Å². The van der Waals surface area contributed by atoms with Gasteiger partial charge in [-0.15, -0.1) is 21.8 Å². The fourth-order valence-corrected chi connectivity index (χ4v) is 2.61. The van der Waals surface area contributed by atoms with E-state index in [2.05, 4.69) is 41.4 Å². The normalized spacial score (nSPS) is 10.8. The van der Waals surface area contributed by atoms with E-state index in [1.807, 2.05) is 34.9 Å². The molecular formula is C17H16ClN3. The lowest BCUT2D eigenvalue weighted by atomic mass is 10.1. The van der Waals surface area contributed by atoms with Gasteiger partial charge in [-0.05, 0) is 24.6 Å². The number of alkyl halides is 1. The molecule has 3 nitrogen and oxygen atoms in total. The van der Waals surface area contributed by atoms with E-state index in [1.165, 1.54) is 11.1 Å². The van der Waals surface area contributed by atoms with Gasteiger partial charge in [0.25, 0.3) is 0 Å². The first-order valence-electron chi connectivity index (χ1n) is 6.88. The van der Waals surface area contributed by atoms with Crippen LogP contribution in [0.25, 0.3) is 5.69 Å². The molecule has 0 fully saturated rings. The van der Waals surface area contributed by atoms with Crippen LogP contribution in [0.2, 0.25) is 0 Å². The third-order valence-corrected chi connectivity index (χ3v) is 3.61. The summed E-state index contributed by atoms with van der Waals surface area (Å²) in [4.78, 5) is 0. The van der Waals surface area contributed by atoms with E-state index < -0.39 is 0 Å². The standard InChI is InChI=1S/C17H16ClN3/c1-13-6-5-7-14(10-13)11-16-19-20-17(12-18)21(16)15-8-3-2-4-9-15/h2-10H,11-12H2,1H3. The van der Waals surface area contributed by atoms with Crippen LogP contribution >= 0.6 is 11.6 Å². The van der Waals surface area contributed by atoms with Crippen LogP contribution in [0.1, 0.15) is 22.8 Å². The van der Waals surface area contributed by atoms with Crippen molar-refractivity contribution >= 4 is 11.6 Å². The lowest BCUT2D eigenvalue weighted by molar-refractivity contribution is 0.885. The number of hydrogen-bond donors (Lipinski definition) is 0. The van der Waals surface area contributed by atoms with Crippen molar-refractivity contribution in [3.8, 4) is 5.69 Å². The fourth-order valence-electron chi connectivity index (χ4n) is 2.43. The zero-order valence-electron chi connectivity index (χ0n) is 11.8. The lowest BCUT2D eigenvalue weighted by Crippen LogP contribution is -2.05. The quantitative estimate of drug-likeness (QED) is 0.684. The number of para-hydroxylation sites is 1. The van der Waals surface area contributed by atoms with Crippen LogP contribution in [-0.2, 0) is 12.3 Å². The Morgan fingerprint density at radius 1 is 0.952 bits per heavy atom. The Labute approximate surface area is 129 Å². The van der Waals surface area contributed by atoms with E-state index in [0.29, 0.717) is 5.88 Å². The van der Waals surface area contributed by atoms with Gasteiger partial charge in [0, 0.05) is 12.1 Å². The molecule has 0 aliphatic heterocycles. The molecule has 0 spiro atoms. The third kappa shape index (κ3) is 2.98. The molecule has 0 N–H and O–H groups in total. The summed E-state index contributed by atoms with van der Waals surface area (Å²) in [5, 5.41) is 8.53. The zero-order chi connectivity index (χ0) is 14.7. The van der Waals surface area contributed by atoms with Crippen LogP contribution in [0.4, 0.5) is 0 Å². The van der Waals surface area contributed by atoms with Gasteiger partial charge in [0.1, 0.15) is 5.82 Å². The molecule has 0 bridgehead atoms. The second-order valence-electron chi connectivity index (χ2n) is 5.00. The monoisotopic (exact) mass is 297 g/mol. The minimum Gasteiger partial charge on any atom is -0.282 e. The molecule has 0 amide bonds. The summed E-state index contributed by atoms with van der Waals surface area (Å²) in [5.41, 5.74) is 3.51. The molecule has 3 aromatic rings. The van der Waals surface area contributed by atoms with Gasteiger partial charge in [0.15, 0.2) is 5.82 Å². The minimum atomic E-state index is 0.343. The molecule has 0 unspecified atom stereocenters. The van der Waals surface area contributed by atoms with E-state index in [4.69, 9.17) is 11.6 Å². The van der Waals surface area contributed by atoms with Crippen molar-refractivity contribution in [1.29, 1.82) is 0 Å². The number of hydrogen-bond acceptors (Lipinski definition) is 2. The van der Waals surface area contributed by atoms with Gasteiger partial charge in [0.2, 0.25) is 0 Å². The molecule has 0 atom stereocenters. The average Bonchev–Trinajstić information content (AvgIpc) is 2.91. The highest BCUT2D eigenvalue weighted by molar-refractivity contribution is 6.16. The average molecular weight is 298 g/mol. The fraction of sp³-hybridized carbons (Fsp3) is 0.176. The Kier molecular flexibility index (Phi) is 4.02. The summed E-state index contributed by atoms with van der Waals surface area (Å²) < 4.78 is 2.04. The maximum Gasteiger partial charge on any atom is 0.152 e. The zero-order valence-corrected chi connectivity index (χ0v) is 12.6. The molecule has 106 valence electrons. The molecule has 0 saturated heterocycles. The molecule has 0 radical (unpaired) electrons. The molecule has 3 rings (SSSR count). The van der Waals surface area contributed by atoms with Crippen molar-refractivity contribution in [3.05, 3.63) is 77.4 Å². The highest BCUT2D eigenvalue weighted by Gasteiger charge is 2.13. The van der Waals surface area contributed by atoms with Gasteiger partial charge in [-0.2, -0.15) is 0 Å². The van der Waals surface area contributed by atoms with E-state index >= 15 is 0 Å². The summed E-state index contributed by atoms with van der Waals surface area (Å²) in [5.74, 6) is 2.02. The topological polar surface area (TPSA) is 30.7 Å². The first kappa shape index (κ1) is 13.8. The van der Waals surface area contributed by atoms with Crippen molar-refractivity contribution in [1.82, 2.24) is 14.8 Å². The Morgan fingerprint density at radius 2 is 1.71 bits per heavy atom. The van der Waals surface area contributed by atoms with E-state index in [9.17, 15) is 0 Å². The molecule has 0 saturated carbocycles. The van der Waals surface area contributed by atoms with Crippen LogP contribution in [0.15, 0.2) is 54.6 Å². The molecule has 1 aromatic heterocycles. The molecule has 4 heteroatoms. The van der Waals surface area contributed by atoms with Crippen molar-refractivity contribution < 1.29 is 0 Å². The summed E-state index contributed by atoms with van der Waals surface area (Å²) >= 11 is 6.00. The van der Waals surface area contributed by atoms with E-state index in [-0.39, 0.29) is 0 Å². The van der Waals surface area contributed by atoms with Gasteiger partial charge in [0.05, 0.1) is 5.88 Å². The third-order valence-electron chi connectivity index (χ3n) is 3.38. The van der Waals surface area contributed by atoms with Crippen LogP contribution in [0, 0.1) is 6.92 Å². The van der Waals surface area contributed by atoms with Crippen LogP contribution < -0.4 is 0 Å². The second kappa shape index (κ2) is 6.10. The predicted molar refractivity (Wildman–Crippen MR) is 84.9 cm³/mol. The number of aromatic nitrogens is 3. The van der Waals surface area contributed by atoms with Crippen molar-refractivity contribution in [2.45, 2.75) is 19.2 Å². The SMILES string of the molecule is Cc1cccc(Cc2nnc(CCl)n2-c2ccccc2)c1.